The van der Waals surface area contributed by atoms with Crippen LogP contribution in [0.15, 0.2) is 388 Å². The lowest BCUT2D eigenvalue weighted by Crippen LogP contribution is -2.01. The zero-order valence-electron chi connectivity index (χ0n) is 60.4. The van der Waals surface area contributed by atoms with E-state index in [4.69, 9.17) is 39.9 Å². The SMILES string of the molecule is c1ccc(-c2nc(-c3cccc(-c4cccc(-c5nc(-c6ccccc6)nc(-c6ccc(-c7c(-c8ccc(-c9nc(-c%10ccccc%10)nc(-c%10ccccc%10)n9)cc8)c8ccccc8c8ccccc78)cc6)n5)c4)c3)cc(-c3cc(-n4c5ccccc5c5ccccc54)cc(-n4c5ccccc5c5ccccc54)c3)n2)cc1. The number of rotatable bonds is 14. The van der Waals surface area contributed by atoms with Gasteiger partial charge in [0, 0.05) is 83.0 Å². The van der Waals surface area contributed by atoms with Gasteiger partial charge >= 0.3 is 0 Å². The maximum atomic E-state index is 5.50. The minimum atomic E-state index is 0.554. The third kappa shape index (κ3) is 11.7. The van der Waals surface area contributed by atoms with Crippen LogP contribution in [0.5, 0.6) is 0 Å². The Morgan fingerprint density at radius 3 is 0.759 bits per heavy atom. The lowest BCUT2D eigenvalue weighted by Gasteiger charge is -2.19. The van der Waals surface area contributed by atoms with E-state index in [1.54, 1.807) is 0 Å². The van der Waals surface area contributed by atoms with Crippen molar-refractivity contribution in [2.24, 2.45) is 0 Å². The summed E-state index contributed by atoms with van der Waals surface area (Å²) in [7, 11) is 0. The second kappa shape index (κ2) is 27.5. The molecule has 0 saturated heterocycles. The molecule has 16 aromatic carbocycles. The van der Waals surface area contributed by atoms with Gasteiger partial charge in [0.15, 0.2) is 40.8 Å². The normalized spacial score (nSPS) is 11.6. The fraction of sp³-hybridized carbons (Fsp3) is 0. The molecule has 0 amide bonds. The summed E-state index contributed by atoms with van der Waals surface area (Å²) in [6, 6.07) is 136. The topological polar surface area (TPSA) is 113 Å². The van der Waals surface area contributed by atoms with Gasteiger partial charge in [-0.25, -0.2) is 39.9 Å². The van der Waals surface area contributed by atoms with Crippen LogP contribution in [-0.4, -0.2) is 49.0 Å². The van der Waals surface area contributed by atoms with Gasteiger partial charge in [-0.05, 0) is 116 Å². The first-order valence-corrected chi connectivity index (χ1v) is 37.6. The van der Waals surface area contributed by atoms with E-state index in [0.29, 0.717) is 40.8 Å². The number of aromatic nitrogens is 10. The first-order chi connectivity index (χ1) is 55.5. The van der Waals surface area contributed by atoms with Crippen molar-refractivity contribution >= 4 is 65.2 Å². The van der Waals surface area contributed by atoms with Gasteiger partial charge in [0.25, 0.3) is 0 Å². The van der Waals surface area contributed by atoms with Gasteiger partial charge < -0.3 is 9.13 Å². The number of para-hydroxylation sites is 4. The van der Waals surface area contributed by atoms with E-state index in [2.05, 4.69) is 300 Å². The van der Waals surface area contributed by atoms with Crippen molar-refractivity contribution < 1.29 is 0 Å². The fourth-order valence-electron chi connectivity index (χ4n) is 16.2. The van der Waals surface area contributed by atoms with Crippen LogP contribution in [0.1, 0.15) is 0 Å². The Bertz CT molecular complexity index is 6930. The molecule has 0 radical (unpaired) electrons. The van der Waals surface area contributed by atoms with Crippen LogP contribution >= 0.6 is 0 Å². The quantitative estimate of drug-likeness (QED) is 0.0990. The molecule has 112 heavy (non-hydrogen) atoms. The molecule has 0 spiro atoms. The first-order valence-electron chi connectivity index (χ1n) is 37.6. The Balaban J connectivity index is 0.656. The first kappa shape index (κ1) is 65.1. The standard InChI is InChI=1S/C102H64N10/c1-5-27-67(28-6-1)96-103-88(64-89(104-96)77-61-78(111-90-47-21-17-41-82(90)83-42-18-22-48-91(83)111)63-79(62-77)112-92-49-23-19-43-84(92)85-44-20-24-50-93(85)112)75-37-25-35-73(59-75)74-36-26-38-76(60-74)102-109-99(70-33-11-4-12-34-70)108-101(110-102)72-57-53-66(54-58-72)95-87-46-16-14-40-81(87)80-39-13-15-45-86(80)94(95)65-51-55-71(56-52-65)100-106-97(68-29-7-2-8-30-68)105-98(107-100)69-31-9-3-10-32-69/h1-64H. The van der Waals surface area contributed by atoms with Crippen LogP contribution in [0.4, 0.5) is 0 Å². The Kier molecular flexibility index (Phi) is 16.0. The van der Waals surface area contributed by atoms with E-state index in [1.807, 2.05) is 97.1 Å². The summed E-state index contributed by atoms with van der Waals surface area (Å²) in [6.45, 7) is 0. The van der Waals surface area contributed by atoms with E-state index in [-0.39, 0.29) is 0 Å². The van der Waals surface area contributed by atoms with Gasteiger partial charge in [-0.2, -0.15) is 0 Å². The highest BCUT2D eigenvalue weighted by Crippen LogP contribution is 2.47. The van der Waals surface area contributed by atoms with E-state index in [0.717, 1.165) is 139 Å². The Morgan fingerprint density at radius 1 is 0.143 bits per heavy atom. The van der Waals surface area contributed by atoms with Crippen molar-refractivity contribution in [1.82, 2.24) is 49.0 Å². The summed E-state index contributed by atoms with van der Waals surface area (Å²) in [5.74, 6) is 4.14. The predicted octanol–water partition coefficient (Wildman–Crippen LogP) is 25.4. The van der Waals surface area contributed by atoms with Gasteiger partial charge in [0.2, 0.25) is 0 Å². The molecule has 5 aromatic heterocycles. The molecule has 0 aliphatic rings. The van der Waals surface area contributed by atoms with Crippen molar-refractivity contribution in [3.8, 4) is 147 Å². The molecule has 0 N–H and O–H groups in total. The van der Waals surface area contributed by atoms with Gasteiger partial charge in [-0.15, -0.1) is 0 Å². The Morgan fingerprint density at radius 2 is 0.393 bits per heavy atom. The molecule has 522 valence electrons. The summed E-state index contributed by atoms with van der Waals surface area (Å²) in [5, 5.41) is 9.41. The highest BCUT2D eigenvalue weighted by molar-refractivity contribution is 6.22. The van der Waals surface area contributed by atoms with E-state index >= 15 is 0 Å². The van der Waals surface area contributed by atoms with Crippen molar-refractivity contribution in [2.45, 2.75) is 0 Å². The van der Waals surface area contributed by atoms with Crippen molar-refractivity contribution in [1.29, 1.82) is 0 Å². The number of hydrogen-bond acceptors (Lipinski definition) is 8. The number of nitrogens with zero attached hydrogens (tertiary/aromatic N) is 10. The van der Waals surface area contributed by atoms with E-state index in [1.165, 1.54) is 32.3 Å². The highest BCUT2D eigenvalue weighted by atomic mass is 15.1. The molecular weight excluding hydrogens is 1370 g/mol. The zero-order valence-corrected chi connectivity index (χ0v) is 60.4. The monoisotopic (exact) mass is 1430 g/mol. The summed E-state index contributed by atoms with van der Waals surface area (Å²) < 4.78 is 4.80. The van der Waals surface area contributed by atoms with Gasteiger partial charge in [0.05, 0.1) is 33.5 Å². The zero-order chi connectivity index (χ0) is 74.0. The molecule has 10 nitrogen and oxygen atoms in total. The van der Waals surface area contributed by atoms with Gasteiger partial charge in [0.1, 0.15) is 0 Å². The Labute approximate surface area is 645 Å². The molecule has 0 bridgehead atoms. The van der Waals surface area contributed by atoms with E-state index < -0.39 is 0 Å². The molecule has 5 heterocycles. The maximum Gasteiger partial charge on any atom is 0.164 e. The Hall–Kier alpha value is -15.3. The lowest BCUT2D eigenvalue weighted by molar-refractivity contribution is 1.07. The summed E-state index contributed by atoms with van der Waals surface area (Å²) >= 11 is 0. The third-order valence-corrected chi connectivity index (χ3v) is 21.4. The second-order valence-electron chi connectivity index (χ2n) is 28.2. The third-order valence-electron chi connectivity index (χ3n) is 21.4. The molecule has 21 rings (SSSR count). The summed E-state index contributed by atoms with van der Waals surface area (Å²) in [6.07, 6.45) is 0. The van der Waals surface area contributed by atoms with Crippen molar-refractivity contribution in [2.75, 3.05) is 0 Å². The van der Waals surface area contributed by atoms with Gasteiger partial charge in [-0.1, -0.05) is 328 Å². The minimum Gasteiger partial charge on any atom is -0.309 e. The van der Waals surface area contributed by atoms with Crippen LogP contribution in [0.3, 0.4) is 0 Å². The van der Waals surface area contributed by atoms with Crippen LogP contribution < -0.4 is 0 Å². The number of fused-ring (bicyclic) bond motifs is 9. The van der Waals surface area contributed by atoms with Crippen LogP contribution in [-0.2, 0) is 0 Å². The van der Waals surface area contributed by atoms with Gasteiger partial charge in [-0.3, -0.25) is 0 Å². The average molecular weight is 1430 g/mol. The fourth-order valence-corrected chi connectivity index (χ4v) is 16.2. The minimum absolute atomic E-state index is 0.554. The number of hydrogen-bond donors (Lipinski definition) is 0. The molecule has 0 atom stereocenters. The molecule has 0 fully saturated rings. The largest absolute Gasteiger partial charge is 0.309 e. The predicted molar refractivity (Wildman–Crippen MR) is 458 cm³/mol. The van der Waals surface area contributed by atoms with E-state index in [9.17, 15) is 0 Å². The van der Waals surface area contributed by atoms with Crippen molar-refractivity contribution in [3.63, 3.8) is 0 Å². The maximum absolute atomic E-state index is 5.50. The molecule has 0 aliphatic carbocycles. The summed E-state index contributed by atoms with van der Waals surface area (Å²) in [4.78, 5) is 41.9. The number of benzene rings is 16. The van der Waals surface area contributed by atoms with Crippen LogP contribution in [0.2, 0.25) is 0 Å². The average Bonchev–Trinajstić information content (AvgIpc) is 1.70. The smallest absolute Gasteiger partial charge is 0.164 e. The molecule has 0 saturated carbocycles. The molecule has 21 aromatic rings. The second-order valence-corrected chi connectivity index (χ2v) is 28.2. The highest BCUT2D eigenvalue weighted by Gasteiger charge is 2.24. The van der Waals surface area contributed by atoms with Crippen LogP contribution in [0, 0.1) is 0 Å². The molecule has 0 aliphatic heterocycles. The summed E-state index contributed by atoms with van der Waals surface area (Å²) in [5.41, 5.74) is 22.6. The van der Waals surface area contributed by atoms with Crippen LogP contribution in [0.25, 0.3) is 212 Å². The lowest BCUT2D eigenvalue weighted by atomic mass is 9.84. The molecule has 0 unspecified atom stereocenters. The molecule has 10 heteroatoms. The van der Waals surface area contributed by atoms with Crippen molar-refractivity contribution in [3.05, 3.63) is 388 Å². The molecular formula is C102H64N10.